The molecule has 0 saturated carbocycles. The average molecular weight is 423 g/mol. The molecule has 6 nitrogen and oxygen atoms in total. The Morgan fingerprint density at radius 1 is 1.00 bits per heavy atom. The molecule has 0 fully saturated rings. The van der Waals surface area contributed by atoms with Crippen molar-refractivity contribution in [1.29, 1.82) is 0 Å². The van der Waals surface area contributed by atoms with Crippen LogP contribution in [-0.4, -0.2) is 31.7 Å². The molecule has 3 aromatic rings. The summed E-state index contributed by atoms with van der Waals surface area (Å²) in [6.07, 6.45) is 11.3. The van der Waals surface area contributed by atoms with Crippen molar-refractivity contribution in [2.45, 2.75) is 32.6 Å². The van der Waals surface area contributed by atoms with Gasteiger partial charge in [0.2, 0.25) is 5.91 Å². The normalized spacial score (nSPS) is 10.1. The summed E-state index contributed by atoms with van der Waals surface area (Å²) in [5.74, 6) is 2.85. The van der Waals surface area contributed by atoms with Crippen LogP contribution in [0, 0.1) is 12.8 Å². The quantitative estimate of drug-likeness (QED) is 0.353. The van der Waals surface area contributed by atoms with Crippen LogP contribution in [-0.2, 0) is 11.2 Å². The number of benzene rings is 2. The van der Waals surface area contributed by atoms with Crippen LogP contribution in [0.4, 0.5) is 0 Å². The first-order valence-corrected chi connectivity index (χ1v) is 10.2. The molecule has 0 atom stereocenters. The third kappa shape index (κ3) is 6.71. The highest BCUT2D eigenvalue weighted by atomic mass is 16.5. The third-order valence-corrected chi connectivity index (χ3v) is 4.66. The Labute approximate surface area is 183 Å². The Bertz CT molecular complexity index is 1010. The van der Waals surface area contributed by atoms with Crippen molar-refractivity contribution in [1.82, 2.24) is 10.3 Å². The number of aryl methyl sites for hydroxylation is 1. The Morgan fingerprint density at radius 3 is 2.42 bits per heavy atom. The van der Waals surface area contributed by atoms with E-state index in [1.54, 1.807) is 20.3 Å². The van der Waals surface area contributed by atoms with Crippen LogP contribution in [0.3, 0.4) is 0 Å². The maximum absolute atomic E-state index is 11.5. The second-order valence-electron chi connectivity index (χ2n) is 6.87. The van der Waals surface area contributed by atoms with Gasteiger partial charge in [0.15, 0.2) is 11.5 Å². The molecule has 0 unspecified atom stereocenters. The molecular formula is C25H30N2O4. The Hall–Kier alpha value is -3.59. The topological polar surface area (TPSA) is 72.6 Å². The monoisotopic (exact) mass is 422 g/mol. The fourth-order valence-electron chi connectivity index (χ4n) is 3.21. The number of methoxy groups -OCH3 is 2. The zero-order valence-corrected chi connectivity index (χ0v) is 18.4. The van der Waals surface area contributed by atoms with Gasteiger partial charge in [0, 0.05) is 35.6 Å². The number of carbonyl (C=O) groups excluding carboxylic acids is 1. The Morgan fingerprint density at radius 2 is 1.71 bits per heavy atom. The number of aromatic amines is 1. The number of ether oxygens (including phenoxy) is 3. The van der Waals surface area contributed by atoms with Crippen LogP contribution in [0.1, 0.15) is 31.9 Å². The molecule has 0 saturated heterocycles. The lowest BCUT2D eigenvalue weighted by atomic mass is 10.2. The Kier molecular flexibility index (Phi) is 9.31. The van der Waals surface area contributed by atoms with Gasteiger partial charge in [0.05, 0.1) is 14.2 Å². The SMILES string of the molecule is C#C.CCCC(=O)NCCCc1cc2cc(Oc3ccc(OC)c(OC)c3)ccc2[nH]1. The summed E-state index contributed by atoms with van der Waals surface area (Å²) in [6, 6.07) is 13.6. The van der Waals surface area contributed by atoms with Crippen molar-refractivity contribution >= 4 is 16.8 Å². The number of carbonyl (C=O) groups is 1. The van der Waals surface area contributed by atoms with Crippen molar-refractivity contribution in [3.8, 4) is 35.8 Å². The van der Waals surface area contributed by atoms with E-state index in [9.17, 15) is 4.79 Å². The standard InChI is InChI=1S/C23H28N2O4.C2H2/c1-4-6-23(26)24-12-5-7-17-13-16-14-18(8-10-20(16)25-17)29-19-9-11-21(27-2)22(15-19)28-3;1-2/h8-11,13-15,25H,4-7,12H2,1-3H3,(H,24,26);1-2H. The number of amides is 1. The maximum Gasteiger partial charge on any atom is 0.219 e. The molecule has 31 heavy (non-hydrogen) atoms. The molecule has 0 aliphatic rings. The minimum Gasteiger partial charge on any atom is -0.493 e. The summed E-state index contributed by atoms with van der Waals surface area (Å²) in [4.78, 5) is 14.9. The molecule has 2 N–H and O–H groups in total. The molecule has 3 rings (SSSR count). The van der Waals surface area contributed by atoms with Gasteiger partial charge in [0.1, 0.15) is 11.5 Å². The van der Waals surface area contributed by atoms with E-state index in [0.717, 1.165) is 41.6 Å². The zero-order valence-electron chi connectivity index (χ0n) is 18.4. The van der Waals surface area contributed by atoms with E-state index in [1.807, 2.05) is 37.3 Å². The van der Waals surface area contributed by atoms with Crippen molar-refractivity contribution in [2.24, 2.45) is 0 Å². The molecule has 1 heterocycles. The zero-order chi connectivity index (χ0) is 22.6. The third-order valence-electron chi connectivity index (χ3n) is 4.66. The molecule has 0 bridgehead atoms. The second kappa shape index (κ2) is 12.2. The number of nitrogens with one attached hydrogen (secondary N) is 2. The predicted octanol–water partition coefficient (Wildman–Crippen LogP) is 5.08. The Balaban J connectivity index is 0.00000166. The van der Waals surface area contributed by atoms with Crippen LogP contribution in [0.5, 0.6) is 23.0 Å². The van der Waals surface area contributed by atoms with E-state index >= 15 is 0 Å². The summed E-state index contributed by atoms with van der Waals surface area (Å²) >= 11 is 0. The first kappa shape index (κ1) is 23.7. The molecular weight excluding hydrogens is 392 g/mol. The molecule has 1 amide bonds. The van der Waals surface area contributed by atoms with E-state index in [1.165, 1.54) is 0 Å². The number of fused-ring (bicyclic) bond motifs is 1. The maximum atomic E-state index is 11.5. The van der Waals surface area contributed by atoms with Gasteiger partial charge >= 0.3 is 0 Å². The molecule has 164 valence electrons. The number of hydrogen-bond donors (Lipinski definition) is 2. The lowest BCUT2D eigenvalue weighted by Crippen LogP contribution is -2.24. The van der Waals surface area contributed by atoms with Crippen molar-refractivity contribution < 1.29 is 19.0 Å². The lowest BCUT2D eigenvalue weighted by Gasteiger charge is -2.10. The van der Waals surface area contributed by atoms with Gasteiger partial charge in [-0.25, -0.2) is 0 Å². The van der Waals surface area contributed by atoms with E-state index in [4.69, 9.17) is 14.2 Å². The molecule has 0 aliphatic heterocycles. The van der Waals surface area contributed by atoms with Gasteiger partial charge < -0.3 is 24.5 Å². The predicted molar refractivity (Wildman–Crippen MR) is 124 cm³/mol. The van der Waals surface area contributed by atoms with Crippen molar-refractivity contribution in [3.05, 3.63) is 48.2 Å². The fourth-order valence-corrected chi connectivity index (χ4v) is 3.21. The smallest absolute Gasteiger partial charge is 0.219 e. The second-order valence-corrected chi connectivity index (χ2v) is 6.87. The highest BCUT2D eigenvalue weighted by molar-refractivity contribution is 5.82. The first-order chi connectivity index (χ1) is 15.1. The number of aromatic nitrogens is 1. The molecule has 0 aliphatic carbocycles. The summed E-state index contributed by atoms with van der Waals surface area (Å²) in [5.41, 5.74) is 2.21. The van der Waals surface area contributed by atoms with E-state index in [-0.39, 0.29) is 5.91 Å². The van der Waals surface area contributed by atoms with Crippen LogP contribution in [0.15, 0.2) is 42.5 Å². The van der Waals surface area contributed by atoms with Crippen LogP contribution in [0.25, 0.3) is 10.9 Å². The summed E-state index contributed by atoms with van der Waals surface area (Å²) in [6.45, 7) is 2.70. The van der Waals surface area contributed by atoms with Gasteiger partial charge in [0.25, 0.3) is 0 Å². The van der Waals surface area contributed by atoms with Gasteiger partial charge in [-0.2, -0.15) is 0 Å². The van der Waals surface area contributed by atoms with Gasteiger partial charge in [-0.1, -0.05) is 6.92 Å². The van der Waals surface area contributed by atoms with Crippen LogP contribution >= 0.6 is 0 Å². The number of rotatable bonds is 10. The minimum absolute atomic E-state index is 0.126. The molecule has 2 aromatic carbocycles. The fraction of sp³-hybridized carbons (Fsp3) is 0.320. The van der Waals surface area contributed by atoms with Gasteiger partial charge in [-0.05, 0) is 55.7 Å². The summed E-state index contributed by atoms with van der Waals surface area (Å²) in [7, 11) is 3.21. The number of H-pyrrole nitrogens is 1. The minimum atomic E-state index is 0.126. The first-order valence-electron chi connectivity index (χ1n) is 10.2. The molecule has 6 heteroatoms. The van der Waals surface area contributed by atoms with Gasteiger partial charge in [-0.3, -0.25) is 4.79 Å². The van der Waals surface area contributed by atoms with Gasteiger partial charge in [-0.15, -0.1) is 12.8 Å². The summed E-state index contributed by atoms with van der Waals surface area (Å²) < 4.78 is 16.6. The van der Waals surface area contributed by atoms with Crippen LogP contribution in [0.2, 0.25) is 0 Å². The average Bonchev–Trinajstić information content (AvgIpc) is 3.20. The molecule has 0 radical (unpaired) electrons. The van der Waals surface area contributed by atoms with E-state index < -0.39 is 0 Å². The molecule has 1 aromatic heterocycles. The summed E-state index contributed by atoms with van der Waals surface area (Å²) in [5, 5.41) is 4.04. The van der Waals surface area contributed by atoms with E-state index in [2.05, 4.69) is 29.2 Å². The van der Waals surface area contributed by atoms with E-state index in [0.29, 0.717) is 30.2 Å². The number of terminal acetylenes is 1. The molecule has 0 spiro atoms. The van der Waals surface area contributed by atoms with Crippen LogP contribution < -0.4 is 19.5 Å². The highest BCUT2D eigenvalue weighted by Crippen LogP contribution is 2.34. The largest absolute Gasteiger partial charge is 0.493 e. The number of hydrogen-bond acceptors (Lipinski definition) is 4. The lowest BCUT2D eigenvalue weighted by molar-refractivity contribution is -0.121. The van der Waals surface area contributed by atoms with Crippen molar-refractivity contribution in [2.75, 3.05) is 20.8 Å². The van der Waals surface area contributed by atoms with Crippen molar-refractivity contribution in [3.63, 3.8) is 0 Å². The highest BCUT2D eigenvalue weighted by Gasteiger charge is 2.08.